The van der Waals surface area contributed by atoms with E-state index in [0.717, 1.165) is 23.2 Å². The molecule has 1 amide bonds. The summed E-state index contributed by atoms with van der Waals surface area (Å²) in [5.74, 6) is 0.214. The van der Waals surface area contributed by atoms with Gasteiger partial charge < -0.3 is 4.90 Å². The molecule has 0 atom stereocenters. The van der Waals surface area contributed by atoms with Gasteiger partial charge in [0.05, 0.1) is 4.88 Å². The summed E-state index contributed by atoms with van der Waals surface area (Å²) in [7, 11) is 0. The number of thiophene rings is 1. The van der Waals surface area contributed by atoms with E-state index in [-0.39, 0.29) is 5.91 Å². The first-order valence-electron chi connectivity index (χ1n) is 5.72. The fraction of sp³-hybridized carbons (Fsp3) is 0.583. The maximum atomic E-state index is 12.3. The summed E-state index contributed by atoms with van der Waals surface area (Å²) in [6, 6.07) is 4.53. The molecule has 88 valence electrons. The first-order valence-corrected chi connectivity index (χ1v) is 7.65. The van der Waals surface area contributed by atoms with Gasteiger partial charge >= 0.3 is 0 Å². The first kappa shape index (κ1) is 12.1. The normalized spacial score (nSPS) is 15.1. The van der Waals surface area contributed by atoms with Crippen LogP contribution in [-0.4, -0.2) is 28.7 Å². The van der Waals surface area contributed by atoms with Crippen LogP contribution >= 0.6 is 27.3 Å². The van der Waals surface area contributed by atoms with Crippen molar-refractivity contribution in [3.05, 3.63) is 21.9 Å². The Bertz CT molecular complexity index is 373. The lowest BCUT2D eigenvalue weighted by molar-refractivity contribution is 0.0759. The molecule has 0 aromatic carbocycles. The lowest BCUT2D eigenvalue weighted by atomic mass is 10.3. The number of aryl methyl sites for hydroxylation is 1. The summed E-state index contributed by atoms with van der Waals surface area (Å²) in [6.07, 6.45) is 3.36. The van der Waals surface area contributed by atoms with Gasteiger partial charge in [0.1, 0.15) is 0 Å². The Morgan fingerprint density at radius 1 is 1.56 bits per heavy atom. The quantitative estimate of drug-likeness (QED) is 0.764. The van der Waals surface area contributed by atoms with Crippen LogP contribution in [0.5, 0.6) is 0 Å². The molecule has 16 heavy (non-hydrogen) atoms. The van der Waals surface area contributed by atoms with E-state index in [2.05, 4.69) is 28.9 Å². The lowest BCUT2D eigenvalue weighted by Crippen LogP contribution is -2.34. The highest BCUT2D eigenvalue weighted by molar-refractivity contribution is 9.09. The number of hydrogen-bond acceptors (Lipinski definition) is 2. The van der Waals surface area contributed by atoms with Crippen molar-refractivity contribution in [3.63, 3.8) is 0 Å². The zero-order chi connectivity index (χ0) is 11.5. The van der Waals surface area contributed by atoms with E-state index in [9.17, 15) is 4.79 Å². The summed E-state index contributed by atoms with van der Waals surface area (Å²) in [6.45, 7) is 2.94. The second-order valence-electron chi connectivity index (χ2n) is 4.04. The molecule has 1 fully saturated rings. The van der Waals surface area contributed by atoms with E-state index in [4.69, 9.17) is 0 Å². The fourth-order valence-corrected chi connectivity index (χ4v) is 3.04. The standard InChI is InChI=1S/C12H16BrNOS/c1-2-10-5-6-11(16-10)12(15)14(8-7-13)9-3-4-9/h5-6,9H,2-4,7-8H2,1H3. The van der Waals surface area contributed by atoms with Crippen LogP contribution in [0.2, 0.25) is 0 Å². The SMILES string of the molecule is CCc1ccc(C(=O)N(CCBr)C2CC2)s1. The van der Waals surface area contributed by atoms with Crippen LogP contribution < -0.4 is 0 Å². The average Bonchev–Trinajstić information content (AvgIpc) is 3.02. The number of alkyl halides is 1. The van der Waals surface area contributed by atoms with Crippen molar-refractivity contribution >= 4 is 33.2 Å². The van der Waals surface area contributed by atoms with E-state index in [1.807, 2.05) is 11.0 Å². The van der Waals surface area contributed by atoms with Gasteiger partial charge in [-0.2, -0.15) is 0 Å². The number of amides is 1. The zero-order valence-corrected chi connectivity index (χ0v) is 11.8. The fourth-order valence-electron chi connectivity index (χ4n) is 1.75. The van der Waals surface area contributed by atoms with Crippen LogP contribution in [0.3, 0.4) is 0 Å². The molecule has 0 spiro atoms. The molecule has 0 bridgehead atoms. The van der Waals surface area contributed by atoms with E-state index in [1.165, 1.54) is 17.7 Å². The topological polar surface area (TPSA) is 20.3 Å². The van der Waals surface area contributed by atoms with Crippen LogP contribution in [0.25, 0.3) is 0 Å². The molecule has 0 saturated heterocycles. The third-order valence-corrected chi connectivity index (χ3v) is 4.37. The van der Waals surface area contributed by atoms with Gasteiger partial charge in [0.15, 0.2) is 0 Å². The average molecular weight is 302 g/mol. The van der Waals surface area contributed by atoms with Crippen molar-refractivity contribution in [2.45, 2.75) is 32.2 Å². The van der Waals surface area contributed by atoms with Crippen LogP contribution in [0, 0.1) is 0 Å². The molecule has 1 aromatic heterocycles. The van der Waals surface area contributed by atoms with E-state index >= 15 is 0 Å². The van der Waals surface area contributed by atoms with E-state index < -0.39 is 0 Å². The Morgan fingerprint density at radius 2 is 2.31 bits per heavy atom. The predicted molar refractivity (Wildman–Crippen MR) is 71.5 cm³/mol. The third-order valence-electron chi connectivity index (χ3n) is 2.79. The molecule has 2 rings (SSSR count). The highest BCUT2D eigenvalue weighted by atomic mass is 79.9. The smallest absolute Gasteiger partial charge is 0.264 e. The molecule has 0 unspecified atom stereocenters. The molecule has 0 radical (unpaired) electrons. The second-order valence-corrected chi connectivity index (χ2v) is 6.00. The van der Waals surface area contributed by atoms with Crippen molar-refractivity contribution in [1.82, 2.24) is 4.90 Å². The maximum Gasteiger partial charge on any atom is 0.264 e. The van der Waals surface area contributed by atoms with Gasteiger partial charge in [-0.05, 0) is 31.4 Å². The number of carbonyl (C=O) groups excluding carboxylic acids is 1. The maximum absolute atomic E-state index is 12.3. The molecule has 2 nitrogen and oxygen atoms in total. The van der Waals surface area contributed by atoms with Gasteiger partial charge in [-0.3, -0.25) is 4.79 Å². The molecule has 1 heterocycles. The molecule has 0 aliphatic heterocycles. The highest BCUT2D eigenvalue weighted by Gasteiger charge is 2.32. The minimum atomic E-state index is 0.214. The van der Waals surface area contributed by atoms with Gasteiger partial charge in [-0.15, -0.1) is 11.3 Å². The Morgan fingerprint density at radius 3 is 2.81 bits per heavy atom. The summed E-state index contributed by atoms with van der Waals surface area (Å²) >= 11 is 5.05. The summed E-state index contributed by atoms with van der Waals surface area (Å²) in [5, 5.41) is 0.862. The molecular formula is C12H16BrNOS. The molecule has 0 N–H and O–H groups in total. The van der Waals surface area contributed by atoms with E-state index in [1.54, 1.807) is 11.3 Å². The van der Waals surface area contributed by atoms with Crippen LogP contribution in [0.4, 0.5) is 0 Å². The Labute approximate surface area is 109 Å². The number of halogens is 1. The summed E-state index contributed by atoms with van der Waals surface area (Å²) < 4.78 is 0. The molecule has 1 aromatic rings. The highest BCUT2D eigenvalue weighted by Crippen LogP contribution is 2.29. The molecule has 1 aliphatic carbocycles. The minimum Gasteiger partial charge on any atom is -0.334 e. The molecule has 1 saturated carbocycles. The molecule has 4 heteroatoms. The third kappa shape index (κ3) is 2.66. The largest absolute Gasteiger partial charge is 0.334 e. The number of carbonyl (C=O) groups is 1. The van der Waals surface area contributed by atoms with Gasteiger partial charge in [-0.1, -0.05) is 22.9 Å². The van der Waals surface area contributed by atoms with Crippen LogP contribution in [-0.2, 0) is 6.42 Å². The number of nitrogens with zero attached hydrogens (tertiary/aromatic N) is 1. The zero-order valence-electron chi connectivity index (χ0n) is 9.41. The van der Waals surface area contributed by atoms with Gasteiger partial charge in [0, 0.05) is 22.8 Å². The summed E-state index contributed by atoms with van der Waals surface area (Å²) in [5.41, 5.74) is 0. The minimum absolute atomic E-state index is 0.214. The number of hydrogen-bond donors (Lipinski definition) is 0. The summed E-state index contributed by atoms with van der Waals surface area (Å²) in [4.78, 5) is 16.5. The van der Waals surface area contributed by atoms with Crippen molar-refractivity contribution in [2.24, 2.45) is 0 Å². The Balaban J connectivity index is 2.09. The van der Waals surface area contributed by atoms with Gasteiger partial charge in [0.2, 0.25) is 0 Å². The molecular weight excluding hydrogens is 286 g/mol. The Kier molecular flexibility index (Phi) is 4.03. The van der Waals surface area contributed by atoms with Crippen LogP contribution in [0.15, 0.2) is 12.1 Å². The van der Waals surface area contributed by atoms with Gasteiger partial charge in [-0.25, -0.2) is 0 Å². The Hall–Kier alpha value is -0.350. The van der Waals surface area contributed by atoms with Crippen molar-refractivity contribution in [2.75, 3.05) is 11.9 Å². The monoisotopic (exact) mass is 301 g/mol. The van der Waals surface area contributed by atoms with E-state index in [0.29, 0.717) is 6.04 Å². The first-order chi connectivity index (χ1) is 7.76. The van der Waals surface area contributed by atoms with Crippen molar-refractivity contribution in [1.29, 1.82) is 0 Å². The van der Waals surface area contributed by atoms with Crippen molar-refractivity contribution in [3.8, 4) is 0 Å². The molecule has 1 aliphatic rings. The lowest BCUT2D eigenvalue weighted by Gasteiger charge is -2.20. The number of rotatable bonds is 5. The van der Waals surface area contributed by atoms with Crippen LogP contribution in [0.1, 0.15) is 34.3 Å². The second kappa shape index (κ2) is 5.32. The van der Waals surface area contributed by atoms with Crippen molar-refractivity contribution < 1.29 is 4.79 Å². The van der Waals surface area contributed by atoms with Gasteiger partial charge in [0.25, 0.3) is 5.91 Å². The predicted octanol–water partition coefficient (Wildman–Crippen LogP) is 3.31.